The third-order valence-corrected chi connectivity index (χ3v) is 15.9. The van der Waals surface area contributed by atoms with Gasteiger partial charge in [-0.3, -0.25) is 0 Å². The zero-order valence-corrected chi connectivity index (χ0v) is 23.5. The molecule has 1 aliphatic heterocycles. The summed E-state index contributed by atoms with van der Waals surface area (Å²) in [5.41, 5.74) is -3.49. The van der Waals surface area contributed by atoms with Gasteiger partial charge < -0.3 is 30.3 Å². The van der Waals surface area contributed by atoms with Crippen molar-refractivity contribution in [3.63, 3.8) is 0 Å². The van der Waals surface area contributed by atoms with Crippen LogP contribution in [0.4, 0.5) is 0 Å². The largest absolute Gasteiger partial charge is 0.394 e. The summed E-state index contributed by atoms with van der Waals surface area (Å²) in [5, 5.41) is 56.0. The lowest BCUT2D eigenvalue weighted by atomic mass is 9.77. The predicted octanol–water partition coefficient (Wildman–Crippen LogP) is 2.13. The minimum absolute atomic E-state index is 0.0674. The Balaban J connectivity index is 3.03. The summed E-state index contributed by atoms with van der Waals surface area (Å²) < 4.78 is 6.18. The van der Waals surface area contributed by atoms with Crippen molar-refractivity contribution in [1.82, 2.24) is 0 Å². The van der Waals surface area contributed by atoms with Gasteiger partial charge in [0.25, 0.3) is 0 Å². The summed E-state index contributed by atoms with van der Waals surface area (Å²) >= 11 is 0. The molecule has 1 aromatic rings. The Morgan fingerprint density at radius 1 is 0.774 bits per heavy atom. The molecule has 1 aromatic carbocycles. The Bertz CT molecular complexity index is 787. The van der Waals surface area contributed by atoms with Crippen LogP contribution in [-0.4, -0.2) is 83.9 Å². The third-order valence-electron chi connectivity index (χ3n) is 7.21. The van der Waals surface area contributed by atoms with Crippen LogP contribution in [0.1, 0.15) is 5.56 Å². The lowest BCUT2D eigenvalue weighted by Gasteiger charge is -2.71. The van der Waals surface area contributed by atoms with Crippen LogP contribution in [0.25, 0.3) is 0 Å². The van der Waals surface area contributed by atoms with E-state index in [4.69, 9.17) is 4.74 Å². The van der Waals surface area contributed by atoms with Gasteiger partial charge in [0.05, 0.1) is 22.8 Å². The Labute approximate surface area is 189 Å². The highest BCUT2D eigenvalue weighted by Gasteiger charge is 2.83. The molecule has 9 heteroatoms. The Kier molecular flexibility index (Phi) is 6.81. The molecule has 0 radical (unpaired) electrons. The van der Waals surface area contributed by atoms with E-state index >= 15 is 0 Å². The molecule has 1 heterocycles. The number of rotatable bonds is 6. The van der Waals surface area contributed by atoms with Crippen LogP contribution in [0.3, 0.4) is 0 Å². The summed E-state index contributed by atoms with van der Waals surface area (Å²) in [4.78, 5) is 0. The van der Waals surface area contributed by atoms with Crippen molar-refractivity contribution in [2.24, 2.45) is 0 Å². The minimum Gasteiger partial charge on any atom is -0.394 e. The van der Waals surface area contributed by atoms with Crippen molar-refractivity contribution in [1.29, 1.82) is 0 Å². The quantitative estimate of drug-likeness (QED) is 0.394. The number of benzene rings is 1. The Morgan fingerprint density at radius 3 is 1.61 bits per heavy atom. The molecule has 6 nitrogen and oxygen atoms in total. The molecule has 0 spiro atoms. The van der Waals surface area contributed by atoms with Crippen molar-refractivity contribution in [3.05, 3.63) is 35.9 Å². The van der Waals surface area contributed by atoms with Gasteiger partial charge in [0.2, 0.25) is 0 Å². The molecule has 31 heavy (non-hydrogen) atoms. The maximum absolute atomic E-state index is 12.7. The van der Waals surface area contributed by atoms with Gasteiger partial charge in [-0.15, -0.1) is 0 Å². The highest BCUT2D eigenvalue weighted by molar-refractivity contribution is 6.86. The molecule has 5 N–H and O–H groups in total. The molecule has 1 fully saturated rings. The van der Waals surface area contributed by atoms with Gasteiger partial charge in [-0.1, -0.05) is 89.3 Å². The van der Waals surface area contributed by atoms with E-state index in [1.165, 1.54) is 0 Å². The van der Waals surface area contributed by atoms with Crippen LogP contribution in [-0.2, 0) is 11.2 Å². The first-order chi connectivity index (χ1) is 13.7. The maximum atomic E-state index is 12.7. The standard InChI is InChI=1S/C22H42O6Si3/c1-29(2,3)20(25)18(16-23)28-22(27,31(7,8)9)21(26,30(4,5)6)19(20,24)15-17-13-11-10-12-14-17/h10-14,18,23-27H,15-16H2,1-9H3/t18-,19+,20+,21+,22-/m1/s1. The zero-order valence-electron chi connectivity index (χ0n) is 20.5. The summed E-state index contributed by atoms with van der Waals surface area (Å²) in [7, 11) is -8.40. The molecule has 0 unspecified atom stereocenters. The van der Waals surface area contributed by atoms with Gasteiger partial charge in [0.1, 0.15) is 30.2 Å². The molecular weight excluding hydrogens is 444 g/mol. The second kappa shape index (κ2) is 7.85. The number of aliphatic hydroxyl groups excluding tert-OH is 1. The summed E-state index contributed by atoms with van der Waals surface area (Å²) in [5.74, 6) is 0. The van der Waals surface area contributed by atoms with Crippen molar-refractivity contribution < 1.29 is 30.3 Å². The summed E-state index contributed by atoms with van der Waals surface area (Å²) in [6.07, 6.45) is -1.30. The topological polar surface area (TPSA) is 110 Å². The lowest BCUT2D eigenvalue weighted by Crippen LogP contribution is -2.96. The first-order valence-corrected chi connectivity index (χ1v) is 21.5. The van der Waals surface area contributed by atoms with Crippen molar-refractivity contribution in [2.75, 3.05) is 6.61 Å². The van der Waals surface area contributed by atoms with Gasteiger partial charge in [-0.05, 0) is 5.56 Å². The van der Waals surface area contributed by atoms with E-state index in [0.29, 0.717) is 0 Å². The SMILES string of the molecule is C[Si](C)(C)[C@@]1(O)[C@](O)(Cc2ccccc2)[C@@](O)([Si](C)(C)C)[C@@H](CO)O[C@@]1(O)[Si](C)(C)C. The molecule has 1 saturated heterocycles. The van der Waals surface area contributed by atoms with Crippen LogP contribution < -0.4 is 0 Å². The maximum Gasteiger partial charge on any atom is 0.176 e. The summed E-state index contributed by atoms with van der Waals surface area (Å²) in [6.45, 7) is 16.3. The molecule has 1 aliphatic rings. The van der Waals surface area contributed by atoms with E-state index in [9.17, 15) is 25.5 Å². The first-order valence-electron chi connectivity index (χ1n) is 11.0. The number of aliphatic hydroxyl groups is 5. The van der Waals surface area contributed by atoms with Crippen molar-refractivity contribution >= 4 is 24.2 Å². The van der Waals surface area contributed by atoms with E-state index in [-0.39, 0.29) is 6.42 Å². The van der Waals surface area contributed by atoms with Gasteiger partial charge in [-0.2, -0.15) is 0 Å². The number of ether oxygens (including phenoxy) is 1. The molecule has 0 amide bonds. The van der Waals surface area contributed by atoms with Crippen LogP contribution in [0.15, 0.2) is 30.3 Å². The first kappa shape index (κ1) is 26.9. The second-order valence-electron chi connectivity index (χ2n) is 12.2. The number of hydrogen-bond donors (Lipinski definition) is 5. The van der Waals surface area contributed by atoms with Crippen LogP contribution in [0, 0.1) is 0 Å². The van der Waals surface area contributed by atoms with Gasteiger partial charge in [0, 0.05) is 6.42 Å². The molecule has 5 atom stereocenters. The molecule has 0 aliphatic carbocycles. The average Bonchev–Trinajstić information content (AvgIpc) is 2.61. The predicted molar refractivity (Wildman–Crippen MR) is 132 cm³/mol. The average molecular weight is 487 g/mol. The van der Waals surface area contributed by atoms with E-state index in [1.807, 2.05) is 89.3 Å². The van der Waals surface area contributed by atoms with Crippen molar-refractivity contribution in [3.8, 4) is 0 Å². The molecular formula is C22H42O6Si3. The van der Waals surface area contributed by atoms with Gasteiger partial charge >= 0.3 is 0 Å². The van der Waals surface area contributed by atoms with Crippen LogP contribution >= 0.6 is 0 Å². The van der Waals surface area contributed by atoms with Gasteiger partial charge in [-0.25, -0.2) is 0 Å². The summed E-state index contributed by atoms with van der Waals surface area (Å²) in [6, 6.07) is 9.22. The third kappa shape index (κ3) is 3.57. The normalized spacial score (nSPS) is 37.7. The second-order valence-corrected chi connectivity index (χ2v) is 27.8. The Morgan fingerprint density at radius 2 is 1.26 bits per heavy atom. The molecule has 0 bridgehead atoms. The van der Waals surface area contributed by atoms with E-state index in [2.05, 4.69) is 0 Å². The minimum atomic E-state index is -2.88. The fourth-order valence-electron chi connectivity index (χ4n) is 5.47. The van der Waals surface area contributed by atoms with Crippen LogP contribution in [0.2, 0.25) is 58.9 Å². The molecule has 0 saturated carbocycles. The number of hydrogen-bond acceptors (Lipinski definition) is 6. The smallest absolute Gasteiger partial charge is 0.176 e. The molecule has 0 aromatic heterocycles. The zero-order chi connectivity index (χ0) is 24.3. The highest BCUT2D eigenvalue weighted by atomic mass is 28.3. The monoisotopic (exact) mass is 486 g/mol. The van der Waals surface area contributed by atoms with E-state index in [1.54, 1.807) is 0 Å². The molecule has 178 valence electrons. The molecule has 2 rings (SSSR count). The fourth-order valence-corrected chi connectivity index (χ4v) is 14.9. The van der Waals surface area contributed by atoms with Gasteiger partial charge in [0.15, 0.2) is 5.41 Å². The van der Waals surface area contributed by atoms with Crippen LogP contribution in [0.5, 0.6) is 0 Å². The van der Waals surface area contributed by atoms with Crippen molar-refractivity contribution in [2.45, 2.75) is 92.9 Å². The Hall–Kier alpha value is -0.369. The van der Waals surface area contributed by atoms with E-state index < -0.39 is 58.4 Å². The lowest BCUT2D eigenvalue weighted by molar-refractivity contribution is -0.379. The highest BCUT2D eigenvalue weighted by Crippen LogP contribution is 2.58. The fraction of sp³-hybridized carbons (Fsp3) is 0.727. The van der Waals surface area contributed by atoms with E-state index in [0.717, 1.165) is 5.56 Å².